The average molecular weight is 888 g/mol. The fraction of sp³-hybridized carbons (Fsp3) is 0.655. The number of ether oxygens (including phenoxy) is 1. The Kier molecular flexibility index (Phi) is 47.8. The van der Waals surface area contributed by atoms with Crippen molar-refractivity contribution in [2.45, 2.75) is 238 Å². The number of allylic oxidation sites excluding steroid dienone is 18. The fourth-order valence-electron chi connectivity index (χ4n) is 7.21. The molecule has 0 rings (SSSR count). The number of aliphatic hydroxyl groups is 2. The van der Waals surface area contributed by atoms with Gasteiger partial charge in [-0.3, -0.25) is 9.59 Å². The molecule has 0 fully saturated rings. The molecule has 1 amide bonds. The van der Waals surface area contributed by atoms with Crippen LogP contribution in [0.2, 0.25) is 0 Å². The van der Waals surface area contributed by atoms with Gasteiger partial charge < -0.3 is 20.3 Å². The molecule has 6 heteroatoms. The van der Waals surface area contributed by atoms with E-state index in [2.05, 4.69) is 111 Å². The minimum absolute atomic E-state index is 0.0224. The van der Waals surface area contributed by atoms with Gasteiger partial charge in [0.05, 0.1) is 25.2 Å². The molecule has 0 bridgehead atoms. The van der Waals surface area contributed by atoms with Gasteiger partial charge in [-0.15, -0.1) is 0 Å². The maximum Gasteiger partial charge on any atom is 0.306 e. The Morgan fingerprint density at radius 3 is 1.47 bits per heavy atom. The van der Waals surface area contributed by atoms with E-state index in [1.54, 1.807) is 0 Å². The second-order valence-electron chi connectivity index (χ2n) is 17.3. The first-order valence-electron chi connectivity index (χ1n) is 26.2. The summed E-state index contributed by atoms with van der Waals surface area (Å²) in [5.74, 6) is -0.567. The van der Waals surface area contributed by atoms with Gasteiger partial charge in [0.2, 0.25) is 5.91 Å². The minimum Gasteiger partial charge on any atom is -0.462 e. The molecule has 3 atom stereocenters. The smallest absolute Gasteiger partial charge is 0.306 e. The monoisotopic (exact) mass is 888 g/mol. The molecule has 3 N–H and O–H groups in total. The van der Waals surface area contributed by atoms with Gasteiger partial charge in [0, 0.05) is 6.42 Å². The van der Waals surface area contributed by atoms with Crippen molar-refractivity contribution < 1.29 is 24.5 Å². The van der Waals surface area contributed by atoms with Crippen LogP contribution in [0.5, 0.6) is 0 Å². The number of amides is 1. The highest BCUT2D eigenvalue weighted by Crippen LogP contribution is 2.16. The maximum absolute atomic E-state index is 13.2. The Hall–Kier alpha value is -3.48. The van der Waals surface area contributed by atoms with Crippen molar-refractivity contribution in [3.05, 3.63) is 109 Å². The lowest BCUT2D eigenvalue weighted by Crippen LogP contribution is -2.46. The Morgan fingerprint density at radius 2 is 0.906 bits per heavy atom. The molecule has 0 heterocycles. The molecule has 3 unspecified atom stereocenters. The number of hydrogen-bond donors (Lipinski definition) is 3. The summed E-state index contributed by atoms with van der Waals surface area (Å²) in [4.78, 5) is 26.2. The fourth-order valence-corrected chi connectivity index (χ4v) is 7.21. The number of nitrogens with one attached hydrogen (secondary N) is 1. The third kappa shape index (κ3) is 45.1. The second kappa shape index (κ2) is 50.5. The summed E-state index contributed by atoms with van der Waals surface area (Å²) in [7, 11) is 0. The highest BCUT2D eigenvalue weighted by Gasteiger charge is 2.24. The van der Waals surface area contributed by atoms with Crippen molar-refractivity contribution in [3.63, 3.8) is 0 Å². The molecule has 0 saturated heterocycles. The molecule has 0 aliphatic heterocycles. The molecular formula is C58H97NO5. The summed E-state index contributed by atoms with van der Waals surface area (Å²) in [5, 5.41) is 23.7. The zero-order chi connectivity index (χ0) is 46.7. The van der Waals surface area contributed by atoms with Crippen molar-refractivity contribution in [1.82, 2.24) is 5.32 Å². The predicted octanol–water partition coefficient (Wildman–Crippen LogP) is 15.9. The van der Waals surface area contributed by atoms with Gasteiger partial charge in [-0.05, 0) is 83.5 Å². The number of unbranched alkanes of at least 4 members (excludes halogenated alkanes) is 19. The first-order valence-corrected chi connectivity index (χ1v) is 26.2. The highest BCUT2D eigenvalue weighted by molar-refractivity contribution is 5.77. The number of hydrogen-bond acceptors (Lipinski definition) is 5. The molecule has 364 valence electrons. The summed E-state index contributed by atoms with van der Waals surface area (Å²) in [6.45, 7) is 6.32. The van der Waals surface area contributed by atoms with Crippen LogP contribution in [0.3, 0.4) is 0 Å². The standard InChI is InChI=1S/C58H97NO5/c1-4-7-10-13-16-19-22-24-26-28-30-32-34-36-39-42-45-48-51-58(63)64-54(49-46-43-40-37-35-33-31-29-27-25-23-20-17-14-11-8-5-2)52-57(62)59-55(53-60)56(61)50-47-44-41-38-21-18-15-12-9-6-3/h10,13,16-17,19-20,22,24-28,30-33,37,40,54-56,60-61H,4-9,11-12,14-15,18,21,23,29,34-36,38-39,41-53H2,1-3H3,(H,59,62)/b13-10+,19-16+,20-17-,24-22+,27-25-,28-26+,32-30+,33-31-,40-37-. The van der Waals surface area contributed by atoms with E-state index in [9.17, 15) is 19.8 Å². The van der Waals surface area contributed by atoms with E-state index in [4.69, 9.17) is 4.74 Å². The molecule has 0 aromatic carbocycles. The van der Waals surface area contributed by atoms with Crippen LogP contribution in [-0.2, 0) is 14.3 Å². The Morgan fingerprint density at radius 1 is 0.469 bits per heavy atom. The SMILES string of the molecule is CCC/C=C/C=C/C=C/C=C/C=C/CCCCCCCC(=O)OC(CCC/C=C\C/C=C\C/C=C\C/C=C\CCCCC)CC(=O)NC(CO)C(O)CCCCCCCCCCCC. The second-order valence-corrected chi connectivity index (χ2v) is 17.3. The van der Waals surface area contributed by atoms with E-state index >= 15 is 0 Å². The van der Waals surface area contributed by atoms with E-state index in [1.165, 1.54) is 77.0 Å². The number of aliphatic hydroxyl groups excluding tert-OH is 2. The molecule has 0 spiro atoms. The lowest BCUT2D eigenvalue weighted by molar-refractivity contribution is -0.151. The highest BCUT2D eigenvalue weighted by atomic mass is 16.5. The van der Waals surface area contributed by atoms with Crippen LogP contribution >= 0.6 is 0 Å². The molecule has 6 nitrogen and oxygen atoms in total. The van der Waals surface area contributed by atoms with Gasteiger partial charge >= 0.3 is 5.97 Å². The van der Waals surface area contributed by atoms with Crippen LogP contribution in [0, 0.1) is 0 Å². The van der Waals surface area contributed by atoms with Crippen molar-refractivity contribution >= 4 is 11.9 Å². The molecule has 0 aromatic heterocycles. The molecule has 0 saturated carbocycles. The lowest BCUT2D eigenvalue weighted by Gasteiger charge is -2.24. The van der Waals surface area contributed by atoms with E-state index < -0.39 is 18.2 Å². The lowest BCUT2D eigenvalue weighted by atomic mass is 10.0. The molecule has 0 aliphatic carbocycles. The Balaban J connectivity index is 4.77. The van der Waals surface area contributed by atoms with Gasteiger partial charge in [-0.1, -0.05) is 233 Å². The van der Waals surface area contributed by atoms with E-state index in [0.717, 1.165) is 96.3 Å². The topological polar surface area (TPSA) is 95.9 Å². The van der Waals surface area contributed by atoms with Gasteiger partial charge in [-0.2, -0.15) is 0 Å². The van der Waals surface area contributed by atoms with Crippen molar-refractivity contribution in [2.24, 2.45) is 0 Å². The van der Waals surface area contributed by atoms with Crippen LogP contribution in [0.25, 0.3) is 0 Å². The third-order valence-corrected chi connectivity index (χ3v) is 11.2. The van der Waals surface area contributed by atoms with Crippen molar-refractivity contribution in [3.8, 4) is 0 Å². The number of rotatable bonds is 45. The van der Waals surface area contributed by atoms with Crippen molar-refractivity contribution in [2.75, 3.05) is 6.61 Å². The van der Waals surface area contributed by atoms with Crippen molar-refractivity contribution in [1.29, 1.82) is 0 Å². The zero-order valence-electron chi connectivity index (χ0n) is 41.4. The van der Waals surface area contributed by atoms with Gasteiger partial charge in [0.1, 0.15) is 6.10 Å². The first kappa shape index (κ1) is 60.5. The van der Waals surface area contributed by atoms with Crippen LogP contribution in [0.4, 0.5) is 0 Å². The average Bonchev–Trinajstić information content (AvgIpc) is 3.29. The summed E-state index contributed by atoms with van der Waals surface area (Å²) in [6.07, 6.45) is 68.6. The van der Waals surface area contributed by atoms with Crippen LogP contribution in [0.1, 0.15) is 220 Å². The normalized spacial score (nSPS) is 14.1. The van der Waals surface area contributed by atoms with Crippen LogP contribution in [0.15, 0.2) is 109 Å². The third-order valence-electron chi connectivity index (χ3n) is 11.2. The number of carbonyl (C=O) groups excluding carboxylic acids is 2. The van der Waals surface area contributed by atoms with Crippen LogP contribution in [-0.4, -0.2) is 46.9 Å². The minimum atomic E-state index is -0.813. The Bertz CT molecular complexity index is 1320. The summed E-state index contributed by atoms with van der Waals surface area (Å²) in [6, 6.07) is -0.731. The number of carbonyl (C=O) groups is 2. The van der Waals surface area contributed by atoms with E-state index in [1.807, 2.05) is 24.3 Å². The molecule has 0 aliphatic rings. The molecular weight excluding hydrogens is 791 g/mol. The summed E-state index contributed by atoms with van der Waals surface area (Å²) < 4.78 is 5.90. The summed E-state index contributed by atoms with van der Waals surface area (Å²) >= 11 is 0. The van der Waals surface area contributed by atoms with Gasteiger partial charge in [0.15, 0.2) is 0 Å². The number of esters is 1. The van der Waals surface area contributed by atoms with E-state index in [-0.39, 0.29) is 24.9 Å². The molecule has 0 aromatic rings. The molecule has 64 heavy (non-hydrogen) atoms. The Labute approximate surface area is 394 Å². The first-order chi connectivity index (χ1) is 31.5. The van der Waals surface area contributed by atoms with E-state index in [0.29, 0.717) is 19.3 Å². The maximum atomic E-state index is 13.2. The largest absolute Gasteiger partial charge is 0.462 e. The van der Waals surface area contributed by atoms with Gasteiger partial charge in [-0.25, -0.2) is 0 Å². The van der Waals surface area contributed by atoms with Crippen LogP contribution < -0.4 is 5.32 Å². The zero-order valence-corrected chi connectivity index (χ0v) is 41.4. The quantitative estimate of drug-likeness (QED) is 0.0245. The van der Waals surface area contributed by atoms with Gasteiger partial charge in [0.25, 0.3) is 0 Å². The molecule has 0 radical (unpaired) electrons. The predicted molar refractivity (Wildman–Crippen MR) is 277 cm³/mol. The summed E-state index contributed by atoms with van der Waals surface area (Å²) in [5.41, 5.74) is 0.